The fraction of sp³-hybridized carbons (Fsp3) is 0.167. The molecular weight excluding hydrogens is 344 g/mol. The molecule has 0 radical (unpaired) electrons. The first-order valence-electron chi connectivity index (χ1n) is 8.86. The van der Waals surface area contributed by atoms with Crippen LogP contribution in [0.2, 0.25) is 0 Å². The summed E-state index contributed by atoms with van der Waals surface area (Å²) in [6.45, 7) is 0. The minimum atomic E-state index is 1.06. The van der Waals surface area contributed by atoms with Gasteiger partial charge in [0.2, 0.25) is 0 Å². The third-order valence-electron chi connectivity index (χ3n) is 4.59. The summed E-state index contributed by atoms with van der Waals surface area (Å²) >= 11 is 1.13. The molecule has 4 rings (SSSR count). The van der Waals surface area contributed by atoms with Crippen molar-refractivity contribution >= 4 is 0 Å². The number of allylic oxidation sites excluding steroid dienone is 8. The van der Waals surface area contributed by atoms with E-state index in [1.165, 1.54) is 22.3 Å². The molecule has 0 saturated heterocycles. The molecule has 0 spiro atoms. The van der Waals surface area contributed by atoms with Gasteiger partial charge in [-0.15, -0.1) is 0 Å². The van der Waals surface area contributed by atoms with Gasteiger partial charge in [0.15, 0.2) is 0 Å². The zero-order valence-corrected chi connectivity index (χ0v) is 15.4. The maximum absolute atomic E-state index is 2.34. The van der Waals surface area contributed by atoms with Crippen molar-refractivity contribution in [2.75, 3.05) is 0 Å². The van der Waals surface area contributed by atoms with Crippen molar-refractivity contribution < 1.29 is 15.0 Å². The van der Waals surface area contributed by atoms with Crippen molar-refractivity contribution in [1.82, 2.24) is 0 Å². The Kier molecular flexibility index (Phi) is 5.16. The molecule has 126 valence electrons. The SMILES string of the molecule is C1=CC(Cc2ccccc2)=[C]([Fe][C]2=C(Cc3ccccc3)C=CC2)C1. The van der Waals surface area contributed by atoms with Gasteiger partial charge in [0, 0.05) is 0 Å². The molecule has 0 N–H and O–H groups in total. The summed E-state index contributed by atoms with van der Waals surface area (Å²) in [5, 5.41) is 0. The van der Waals surface area contributed by atoms with E-state index in [1.807, 2.05) is 0 Å². The topological polar surface area (TPSA) is 0 Å². The molecule has 25 heavy (non-hydrogen) atoms. The second-order valence-electron chi connectivity index (χ2n) is 6.46. The Hall–Kier alpha value is -2.08. The van der Waals surface area contributed by atoms with Crippen LogP contribution in [0.5, 0.6) is 0 Å². The Bertz CT molecular complexity index is 778. The first-order valence-corrected chi connectivity index (χ1v) is 9.96. The van der Waals surface area contributed by atoms with Crippen LogP contribution in [0.4, 0.5) is 0 Å². The summed E-state index contributed by atoms with van der Waals surface area (Å²) in [5.74, 6) is 0. The normalized spacial score (nSPS) is 16.5. The van der Waals surface area contributed by atoms with Gasteiger partial charge in [0.05, 0.1) is 0 Å². The van der Waals surface area contributed by atoms with E-state index < -0.39 is 0 Å². The van der Waals surface area contributed by atoms with Gasteiger partial charge in [-0.2, -0.15) is 0 Å². The molecule has 0 atom stereocenters. The average molecular weight is 366 g/mol. The first-order chi connectivity index (χ1) is 12.4. The maximum atomic E-state index is 2.34. The van der Waals surface area contributed by atoms with Gasteiger partial charge in [-0.1, -0.05) is 0 Å². The molecule has 0 heterocycles. The van der Waals surface area contributed by atoms with Gasteiger partial charge in [0.25, 0.3) is 0 Å². The van der Waals surface area contributed by atoms with Crippen LogP contribution in [0.15, 0.2) is 105 Å². The number of hydrogen-bond acceptors (Lipinski definition) is 0. The standard InChI is InChI=1S/2C12H11.Fe/c2*1-2-6-11(7-3-1)10-12-8-4-5-9-12;/h2*1-4,6-8H,5,10H2;. The van der Waals surface area contributed by atoms with E-state index >= 15 is 0 Å². The number of rotatable bonds is 6. The van der Waals surface area contributed by atoms with Crippen LogP contribution >= 0.6 is 0 Å². The van der Waals surface area contributed by atoms with Crippen LogP contribution in [0.3, 0.4) is 0 Å². The second kappa shape index (κ2) is 7.87. The predicted molar refractivity (Wildman–Crippen MR) is 102 cm³/mol. The Morgan fingerprint density at radius 1 is 0.600 bits per heavy atom. The zero-order valence-electron chi connectivity index (χ0n) is 14.3. The molecule has 0 fully saturated rings. The molecule has 2 aliphatic rings. The number of hydrogen-bond donors (Lipinski definition) is 0. The van der Waals surface area contributed by atoms with E-state index in [1.54, 1.807) is 8.94 Å². The molecule has 0 amide bonds. The average Bonchev–Trinajstić information content (AvgIpc) is 3.27. The Morgan fingerprint density at radius 2 is 1.04 bits per heavy atom. The molecule has 2 aromatic rings. The van der Waals surface area contributed by atoms with Crippen LogP contribution in [-0.4, -0.2) is 0 Å². The van der Waals surface area contributed by atoms with Crippen molar-refractivity contribution in [2.45, 2.75) is 25.7 Å². The fourth-order valence-corrected chi connectivity index (χ4v) is 4.92. The van der Waals surface area contributed by atoms with Crippen LogP contribution in [0.1, 0.15) is 24.0 Å². The molecule has 0 saturated carbocycles. The van der Waals surface area contributed by atoms with Crippen LogP contribution in [-0.2, 0) is 27.8 Å². The van der Waals surface area contributed by atoms with E-state index in [4.69, 9.17) is 0 Å². The van der Waals surface area contributed by atoms with E-state index in [0.29, 0.717) is 0 Å². The third-order valence-corrected chi connectivity index (χ3v) is 6.42. The van der Waals surface area contributed by atoms with Gasteiger partial charge in [-0.3, -0.25) is 0 Å². The van der Waals surface area contributed by atoms with E-state index in [0.717, 1.165) is 40.6 Å². The Labute approximate surface area is 156 Å². The Balaban J connectivity index is 1.51. The molecule has 2 aliphatic carbocycles. The predicted octanol–water partition coefficient (Wildman–Crippen LogP) is 5.98. The van der Waals surface area contributed by atoms with Gasteiger partial charge >= 0.3 is 157 Å². The van der Waals surface area contributed by atoms with Gasteiger partial charge in [0.1, 0.15) is 0 Å². The molecule has 0 bridgehead atoms. The molecule has 0 aromatic heterocycles. The monoisotopic (exact) mass is 366 g/mol. The number of benzene rings is 2. The summed E-state index contributed by atoms with van der Waals surface area (Å²) < 4.78 is 3.21. The first kappa shape index (κ1) is 16.4. The second-order valence-corrected chi connectivity index (χ2v) is 8.07. The van der Waals surface area contributed by atoms with Gasteiger partial charge < -0.3 is 0 Å². The van der Waals surface area contributed by atoms with E-state index in [9.17, 15) is 0 Å². The molecule has 0 unspecified atom stereocenters. The van der Waals surface area contributed by atoms with Crippen LogP contribution in [0.25, 0.3) is 0 Å². The summed E-state index contributed by atoms with van der Waals surface area (Å²) in [6.07, 6.45) is 13.7. The minimum absolute atomic E-state index is 1.06. The van der Waals surface area contributed by atoms with Crippen LogP contribution < -0.4 is 0 Å². The van der Waals surface area contributed by atoms with Crippen molar-refractivity contribution in [3.05, 3.63) is 116 Å². The zero-order chi connectivity index (χ0) is 16.9. The fourth-order valence-electron chi connectivity index (χ4n) is 3.29. The van der Waals surface area contributed by atoms with E-state index in [2.05, 4.69) is 85.0 Å². The summed E-state index contributed by atoms with van der Waals surface area (Å²) in [4.78, 5) is 0. The van der Waals surface area contributed by atoms with Crippen molar-refractivity contribution in [3.63, 3.8) is 0 Å². The molecule has 0 nitrogen and oxygen atoms in total. The van der Waals surface area contributed by atoms with Crippen LogP contribution in [0, 0.1) is 0 Å². The molecular formula is C24H22Fe. The van der Waals surface area contributed by atoms with E-state index in [-0.39, 0.29) is 0 Å². The quantitative estimate of drug-likeness (QED) is 0.552. The summed E-state index contributed by atoms with van der Waals surface area (Å²) in [6, 6.07) is 21.6. The van der Waals surface area contributed by atoms with Gasteiger partial charge in [-0.25, -0.2) is 0 Å². The van der Waals surface area contributed by atoms with Crippen molar-refractivity contribution in [2.24, 2.45) is 0 Å². The summed E-state index contributed by atoms with van der Waals surface area (Å²) in [7, 11) is 0. The Morgan fingerprint density at radius 3 is 1.48 bits per heavy atom. The molecule has 1 heteroatoms. The molecule has 0 aliphatic heterocycles. The molecule has 2 aromatic carbocycles. The van der Waals surface area contributed by atoms with Crippen molar-refractivity contribution in [1.29, 1.82) is 0 Å². The third kappa shape index (κ3) is 4.12. The van der Waals surface area contributed by atoms with Gasteiger partial charge in [-0.05, 0) is 0 Å². The van der Waals surface area contributed by atoms with Crippen molar-refractivity contribution in [3.8, 4) is 0 Å². The summed E-state index contributed by atoms with van der Waals surface area (Å²) in [5.41, 5.74) is 5.85.